The van der Waals surface area contributed by atoms with Crippen LogP contribution in [0.25, 0.3) is 12.7 Å². The number of urea groups is 1. The van der Waals surface area contributed by atoms with Gasteiger partial charge in [-0.2, -0.15) is 0 Å². The maximum atomic E-state index is 11.2. The maximum Gasteiger partial charge on any atom is 0.321 e. The number of amides is 2. The molecule has 0 saturated carbocycles. The number of aromatic amines is 1. The number of hydrogen-bond donors (Lipinski definition) is 3. The van der Waals surface area contributed by atoms with Crippen molar-refractivity contribution >= 4 is 24.6 Å². The number of H-pyrrole nitrogens is 1. The highest BCUT2D eigenvalue weighted by atomic mass is 16.2. The van der Waals surface area contributed by atoms with E-state index in [2.05, 4.69) is 27.2 Å². The molecule has 0 spiro atoms. The van der Waals surface area contributed by atoms with Crippen molar-refractivity contribution in [3.8, 4) is 0 Å². The Labute approximate surface area is 88.3 Å². The topological polar surface area (TPSA) is 69.8 Å². The first kappa shape index (κ1) is 11.3. The lowest BCUT2D eigenvalue weighted by molar-refractivity contribution is 0.252. The number of nitrogens with zero attached hydrogens (tertiary/aromatic N) is 1. The summed E-state index contributed by atoms with van der Waals surface area (Å²) in [5.41, 5.74) is 0. The summed E-state index contributed by atoms with van der Waals surface area (Å²) in [6.07, 6.45) is 2.83. The summed E-state index contributed by atoms with van der Waals surface area (Å²) in [6, 6.07) is -0.269. The van der Waals surface area contributed by atoms with Gasteiger partial charge in [0.05, 0.1) is 10.7 Å². The van der Waals surface area contributed by atoms with Gasteiger partial charge in [0.2, 0.25) is 5.95 Å². The number of carbonyl (C=O) groups excluding carboxylic acids is 1. The van der Waals surface area contributed by atoms with Crippen molar-refractivity contribution in [1.82, 2.24) is 15.3 Å². The summed E-state index contributed by atoms with van der Waals surface area (Å²) in [5, 5.41) is 6.69. The molecule has 0 aromatic carbocycles. The molecule has 5 heteroatoms. The first-order valence-corrected chi connectivity index (χ1v) is 4.97. The molecule has 0 atom stereocenters. The van der Waals surface area contributed by atoms with E-state index in [1.807, 2.05) is 19.9 Å². The summed E-state index contributed by atoms with van der Waals surface area (Å²) < 4.78 is 0. The molecular formula is C10H16N4O. The molecule has 1 heterocycles. The van der Waals surface area contributed by atoms with Crippen LogP contribution in [0.2, 0.25) is 0 Å². The fourth-order valence-electron chi connectivity index (χ4n) is 1.16. The van der Waals surface area contributed by atoms with Gasteiger partial charge in [0, 0.05) is 6.54 Å². The van der Waals surface area contributed by atoms with Crippen LogP contribution in [0, 0.1) is 0 Å². The number of nitrogens with one attached hydrogen (secondary N) is 3. The third-order valence-electron chi connectivity index (χ3n) is 1.78. The Hall–Kier alpha value is -1.78. The number of rotatable bonds is 3. The Morgan fingerprint density at radius 2 is 2.33 bits per heavy atom. The molecule has 15 heavy (non-hydrogen) atoms. The minimum absolute atomic E-state index is 0.269. The summed E-state index contributed by atoms with van der Waals surface area (Å²) in [7, 11) is 0. The Kier molecular flexibility index (Phi) is 3.91. The van der Waals surface area contributed by atoms with E-state index < -0.39 is 0 Å². The highest BCUT2D eigenvalue weighted by Crippen LogP contribution is 1.88. The van der Waals surface area contributed by atoms with Crippen molar-refractivity contribution < 1.29 is 4.79 Å². The van der Waals surface area contributed by atoms with Crippen molar-refractivity contribution in [1.29, 1.82) is 0 Å². The van der Waals surface area contributed by atoms with Crippen molar-refractivity contribution in [2.45, 2.75) is 20.3 Å². The monoisotopic (exact) mass is 208 g/mol. The van der Waals surface area contributed by atoms with Gasteiger partial charge in [-0.05, 0) is 13.3 Å². The summed E-state index contributed by atoms with van der Waals surface area (Å²) in [5.74, 6) is 0.422. The molecule has 82 valence electrons. The van der Waals surface area contributed by atoms with Gasteiger partial charge in [-0.1, -0.05) is 19.6 Å². The van der Waals surface area contributed by atoms with Crippen LogP contribution < -0.4 is 21.3 Å². The molecule has 1 rings (SSSR count). The lowest BCUT2D eigenvalue weighted by Crippen LogP contribution is -2.28. The second-order valence-electron chi connectivity index (χ2n) is 3.05. The normalized spacial score (nSPS) is 11.5. The van der Waals surface area contributed by atoms with Gasteiger partial charge < -0.3 is 10.3 Å². The van der Waals surface area contributed by atoms with E-state index in [-0.39, 0.29) is 6.03 Å². The number of carbonyl (C=O) groups is 1. The number of imidazole rings is 1. The van der Waals surface area contributed by atoms with E-state index in [1.54, 1.807) is 0 Å². The second-order valence-corrected chi connectivity index (χ2v) is 3.05. The Morgan fingerprint density at radius 3 is 2.93 bits per heavy atom. The first-order chi connectivity index (χ1) is 7.17. The predicted molar refractivity (Wildman–Crippen MR) is 60.8 cm³/mol. The zero-order chi connectivity index (χ0) is 11.3. The quantitative estimate of drug-likeness (QED) is 0.662. The fourth-order valence-corrected chi connectivity index (χ4v) is 1.16. The van der Waals surface area contributed by atoms with Gasteiger partial charge in [0.25, 0.3) is 0 Å². The summed E-state index contributed by atoms with van der Waals surface area (Å²) >= 11 is 0. The molecule has 1 aromatic rings. The van der Waals surface area contributed by atoms with E-state index in [0.29, 0.717) is 17.8 Å². The van der Waals surface area contributed by atoms with E-state index in [1.165, 1.54) is 0 Å². The lowest BCUT2D eigenvalue weighted by atomic mass is 10.4. The SMILES string of the molecule is C=c1[nH]c(NC(=O)NCC)n/c1=C/CC. The standard InChI is InChI=1S/C10H16N4O/c1-4-6-8-7(3)12-9(13-8)14-10(15)11-5-2/h6H,3-5H2,1-2H3,(H3,11,12,13,14,15)/b8-6+. The molecule has 2 amide bonds. The van der Waals surface area contributed by atoms with Crippen LogP contribution in [0.5, 0.6) is 0 Å². The third kappa shape index (κ3) is 3.12. The summed E-state index contributed by atoms with van der Waals surface area (Å²) in [6.45, 7) is 8.24. The molecular weight excluding hydrogens is 192 g/mol. The van der Waals surface area contributed by atoms with Crippen molar-refractivity contribution in [2.75, 3.05) is 11.9 Å². The highest BCUT2D eigenvalue weighted by molar-refractivity contribution is 5.87. The molecule has 0 fully saturated rings. The molecule has 5 nitrogen and oxygen atoms in total. The number of aromatic nitrogens is 2. The zero-order valence-electron chi connectivity index (χ0n) is 9.05. The lowest BCUT2D eigenvalue weighted by Gasteiger charge is -2.00. The van der Waals surface area contributed by atoms with Crippen LogP contribution in [0.3, 0.4) is 0 Å². The predicted octanol–water partition coefficient (Wildman–Crippen LogP) is 0.152. The van der Waals surface area contributed by atoms with Crippen molar-refractivity contribution in [2.24, 2.45) is 0 Å². The second kappa shape index (κ2) is 5.19. The van der Waals surface area contributed by atoms with Gasteiger partial charge >= 0.3 is 6.03 Å². The van der Waals surface area contributed by atoms with Crippen molar-refractivity contribution in [3.63, 3.8) is 0 Å². The molecule has 0 aliphatic rings. The van der Waals surface area contributed by atoms with Crippen LogP contribution in [0.1, 0.15) is 20.3 Å². The largest absolute Gasteiger partial charge is 0.338 e. The number of anilines is 1. The molecule has 3 N–H and O–H groups in total. The van der Waals surface area contributed by atoms with Crippen LogP contribution in [-0.4, -0.2) is 22.5 Å². The van der Waals surface area contributed by atoms with Gasteiger partial charge in [0.15, 0.2) is 0 Å². The smallest absolute Gasteiger partial charge is 0.321 e. The highest BCUT2D eigenvalue weighted by Gasteiger charge is 2.01. The Bertz CT molecular complexity index is 435. The molecule has 0 bridgehead atoms. The van der Waals surface area contributed by atoms with Gasteiger partial charge in [-0.15, -0.1) is 0 Å². The maximum absolute atomic E-state index is 11.2. The zero-order valence-corrected chi connectivity index (χ0v) is 9.05. The van der Waals surface area contributed by atoms with Gasteiger partial charge in [0.1, 0.15) is 0 Å². The summed E-state index contributed by atoms with van der Waals surface area (Å²) in [4.78, 5) is 18.2. The Morgan fingerprint density at radius 1 is 1.60 bits per heavy atom. The van der Waals surface area contributed by atoms with E-state index in [9.17, 15) is 4.79 Å². The van der Waals surface area contributed by atoms with Crippen LogP contribution in [-0.2, 0) is 0 Å². The molecule has 0 unspecified atom stereocenters. The van der Waals surface area contributed by atoms with Crippen molar-refractivity contribution in [3.05, 3.63) is 10.7 Å². The van der Waals surface area contributed by atoms with E-state index in [0.717, 1.165) is 11.8 Å². The minimum atomic E-state index is -0.269. The molecule has 0 saturated heterocycles. The third-order valence-corrected chi connectivity index (χ3v) is 1.78. The van der Waals surface area contributed by atoms with Crippen LogP contribution in [0.15, 0.2) is 0 Å². The van der Waals surface area contributed by atoms with Crippen LogP contribution >= 0.6 is 0 Å². The van der Waals surface area contributed by atoms with Gasteiger partial charge in [-0.25, -0.2) is 9.78 Å². The average molecular weight is 208 g/mol. The molecule has 0 aliphatic carbocycles. The average Bonchev–Trinajstić information content (AvgIpc) is 2.48. The Balaban J connectivity index is 2.80. The van der Waals surface area contributed by atoms with E-state index in [4.69, 9.17) is 0 Å². The first-order valence-electron chi connectivity index (χ1n) is 4.97. The van der Waals surface area contributed by atoms with Gasteiger partial charge in [-0.3, -0.25) is 5.32 Å². The van der Waals surface area contributed by atoms with Crippen LogP contribution in [0.4, 0.5) is 10.7 Å². The molecule has 0 radical (unpaired) electrons. The molecule has 0 aliphatic heterocycles. The fraction of sp³-hybridized carbons (Fsp3) is 0.400. The number of hydrogen-bond acceptors (Lipinski definition) is 2. The molecule has 1 aromatic heterocycles. The minimum Gasteiger partial charge on any atom is -0.338 e. The van der Waals surface area contributed by atoms with E-state index >= 15 is 0 Å².